The highest BCUT2D eigenvalue weighted by atomic mass is 32.2. The highest BCUT2D eigenvalue weighted by Gasteiger charge is 2.48. The maximum atomic E-state index is 12.0. The van der Waals surface area contributed by atoms with Crippen molar-refractivity contribution in [2.75, 3.05) is 6.54 Å². The molecule has 0 saturated heterocycles. The van der Waals surface area contributed by atoms with Crippen molar-refractivity contribution in [1.29, 1.82) is 0 Å². The molecule has 0 radical (unpaired) electrons. The molecule has 0 aliphatic carbocycles. The summed E-state index contributed by atoms with van der Waals surface area (Å²) in [4.78, 5) is 30.8. The Hall–Kier alpha value is -0.890. The van der Waals surface area contributed by atoms with E-state index in [2.05, 4.69) is 10.6 Å². The van der Waals surface area contributed by atoms with Crippen LogP contribution in [0.4, 0.5) is 0 Å². The SMILES string of the molecule is CC(C)NC(NCC(=O)O)(Sc1ccccc1)P(=O)(O)O. The summed E-state index contributed by atoms with van der Waals surface area (Å²) in [7, 11) is -4.70. The molecule has 0 aromatic heterocycles. The maximum Gasteiger partial charge on any atom is 0.371 e. The maximum absolute atomic E-state index is 12.0. The molecule has 0 saturated carbocycles. The normalized spacial score (nSPS) is 14.9. The summed E-state index contributed by atoms with van der Waals surface area (Å²) in [5, 5.41) is 14.0. The molecule has 9 heteroatoms. The van der Waals surface area contributed by atoms with Gasteiger partial charge in [0.15, 0.2) is 0 Å². The lowest BCUT2D eigenvalue weighted by Crippen LogP contribution is -2.57. The van der Waals surface area contributed by atoms with Crippen molar-refractivity contribution in [2.45, 2.75) is 29.5 Å². The van der Waals surface area contributed by atoms with Crippen molar-refractivity contribution in [3.8, 4) is 0 Å². The minimum Gasteiger partial charge on any atom is -0.480 e. The summed E-state index contributed by atoms with van der Waals surface area (Å²) in [5.41, 5.74) is 0. The monoisotopic (exact) mass is 334 g/mol. The summed E-state index contributed by atoms with van der Waals surface area (Å²) in [5.74, 6) is -1.20. The van der Waals surface area contributed by atoms with Crippen LogP contribution < -0.4 is 10.6 Å². The first kappa shape index (κ1) is 18.2. The summed E-state index contributed by atoms with van der Waals surface area (Å²) < 4.78 is 10.1. The van der Waals surface area contributed by atoms with E-state index in [-0.39, 0.29) is 6.04 Å². The minimum absolute atomic E-state index is 0.268. The van der Waals surface area contributed by atoms with Gasteiger partial charge in [0.25, 0.3) is 0 Å². The Balaban J connectivity index is 3.15. The molecule has 5 N–H and O–H groups in total. The average molecular weight is 334 g/mol. The summed E-state index contributed by atoms with van der Waals surface area (Å²) in [6.45, 7) is 2.86. The lowest BCUT2D eigenvalue weighted by atomic mass is 10.4. The summed E-state index contributed by atoms with van der Waals surface area (Å²) in [6, 6.07) is 8.37. The molecule has 0 aliphatic rings. The van der Waals surface area contributed by atoms with Crippen LogP contribution in [0.15, 0.2) is 35.2 Å². The summed E-state index contributed by atoms with van der Waals surface area (Å²) in [6.07, 6.45) is 0. The first-order valence-corrected chi connectivity index (χ1v) is 8.63. The van der Waals surface area contributed by atoms with Crippen LogP contribution in [0.3, 0.4) is 0 Å². The van der Waals surface area contributed by atoms with E-state index in [1.165, 1.54) is 0 Å². The smallest absolute Gasteiger partial charge is 0.371 e. The van der Waals surface area contributed by atoms with Crippen LogP contribution in [0.5, 0.6) is 0 Å². The van der Waals surface area contributed by atoms with E-state index in [0.717, 1.165) is 11.8 Å². The van der Waals surface area contributed by atoms with Gasteiger partial charge in [-0.15, -0.1) is 0 Å². The molecule has 0 heterocycles. The lowest BCUT2D eigenvalue weighted by molar-refractivity contribution is -0.136. The molecular formula is C12H19N2O5PS. The molecule has 1 aromatic rings. The van der Waals surface area contributed by atoms with Gasteiger partial charge >= 0.3 is 13.6 Å². The molecule has 1 atom stereocenters. The van der Waals surface area contributed by atoms with Gasteiger partial charge in [0, 0.05) is 10.9 Å². The molecule has 0 aliphatic heterocycles. The molecule has 0 fully saturated rings. The van der Waals surface area contributed by atoms with Gasteiger partial charge < -0.3 is 14.9 Å². The van der Waals surface area contributed by atoms with E-state index in [0.29, 0.717) is 4.90 Å². The summed E-state index contributed by atoms with van der Waals surface area (Å²) >= 11 is 0.865. The van der Waals surface area contributed by atoms with E-state index in [1.807, 2.05) is 0 Å². The van der Waals surface area contributed by atoms with Gasteiger partial charge in [-0.2, -0.15) is 0 Å². The Morgan fingerprint density at radius 2 is 1.90 bits per heavy atom. The van der Waals surface area contributed by atoms with Gasteiger partial charge in [0.2, 0.25) is 4.74 Å². The molecular weight excluding hydrogens is 315 g/mol. The molecule has 21 heavy (non-hydrogen) atoms. The zero-order valence-corrected chi connectivity index (χ0v) is 13.4. The number of thioether (sulfide) groups is 1. The average Bonchev–Trinajstić information content (AvgIpc) is 2.35. The first-order valence-electron chi connectivity index (χ1n) is 6.20. The number of hydrogen-bond donors (Lipinski definition) is 5. The minimum atomic E-state index is -4.70. The van der Waals surface area contributed by atoms with Crippen LogP contribution in [0.2, 0.25) is 0 Å². The fourth-order valence-corrected chi connectivity index (χ4v) is 4.19. The van der Waals surface area contributed by atoms with Gasteiger partial charge in [-0.05, 0) is 26.0 Å². The largest absolute Gasteiger partial charge is 0.480 e. The Bertz CT molecular complexity index is 522. The molecule has 0 spiro atoms. The molecule has 7 nitrogen and oxygen atoms in total. The van der Waals surface area contributed by atoms with Crippen LogP contribution >= 0.6 is 19.4 Å². The second-order valence-corrected chi connectivity index (χ2v) is 8.00. The van der Waals surface area contributed by atoms with Crippen LogP contribution in [-0.2, 0) is 9.36 Å². The van der Waals surface area contributed by atoms with Gasteiger partial charge in [-0.1, -0.05) is 30.0 Å². The molecule has 0 bridgehead atoms. The zero-order chi connectivity index (χ0) is 16.1. The van der Waals surface area contributed by atoms with Crippen LogP contribution in [0.1, 0.15) is 13.8 Å². The fraction of sp³-hybridized carbons (Fsp3) is 0.417. The van der Waals surface area contributed by atoms with Crippen LogP contribution in [0, 0.1) is 0 Å². The van der Waals surface area contributed by atoms with Gasteiger partial charge in [0.05, 0.1) is 6.54 Å². The van der Waals surface area contributed by atoms with Crippen molar-refractivity contribution < 1.29 is 24.3 Å². The van der Waals surface area contributed by atoms with Crippen molar-refractivity contribution in [2.24, 2.45) is 0 Å². The van der Waals surface area contributed by atoms with Crippen LogP contribution in [0.25, 0.3) is 0 Å². The van der Waals surface area contributed by atoms with E-state index in [1.54, 1.807) is 44.2 Å². The second-order valence-electron chi connectivity index (χ2n) is 4.65. The standard InChI is InChI=1S/C12H19N2O5PS/c1-9(2)14-12(20(17,18)19,13-8-11(15)16)21-10-6-4-3-5-7-10/h3-7,9,13-14H,8H2,1-2H3,(H,15,16)(H2,17,18,19). The van der Waals surface area contributed by atoms with Crippen molar-refractivity contribution in [3.05, 3.63) is 30.3 Å². The predicted octanol–water partition coefficient (Wildman–Crippen LogP) is 1.24. The third kappa shape index (κ3) is 5.43. The quantitative estimate of drug-likeness (QED) is 0.274. The third-order valence-corrected chi connectivity index (χ3v) is 5.54. The van der Waals surface area contributed by atoms with Crippen molar-refractivity contribution in [3.63, 3.8) is 0 Å². The molecule has 1 aromatic carbocycles. The number of carboxylic acids is 1. The second kappa shape index (κ2) is 7.40. The Morgan fingerprint density at radius 1 is 1.33 bits per heavy atom. The third-order valence-electron chi connectivity index (χ3n) is 2.38. The Morgan fingerprint density at radius 3 is 2.33 bits per heavy atom. The van der Waals surface area contributed by atoms with E-state index < -0.39 is 24.8 Å². The number of nitrogens with one attached hydrogen (secondary N) is 2. The van der Waals surface area contributed by atoms with Gasteiger partial charge in [-0.3, -0.25) is 20.0 Å². The lowest BCUT2D eigenvalue weighted by Gasteiger charge is -2.36. The van der Waals surface area contributed by atoms with Crippen molar-refractivity contribution in [1.82, 2.24) is 10.6 Å². The first-order chi connectivity index (χ1) is 9.66. The highest BCUT2D eigenvalue weighted by Crippen LogP contribution is 2.55. The molecule has 1 unspecified atom stereocenters. The number of aliphatic carboxylic acids is 1. The highest BCUT2D eigenvalue weighted by molar-refractivity contribution is 8.06. The van der Waals surface area contributed by atoms with Gasteiger partial charge in [-0.25, -0.2) is 0 Å². The number of carboxylic acid groups (broad SMARTS) is 1. The van der Waals surface area contributed by atoms with Crippen molar-refractivity contribution >= 4 is 25.3 Å². The number of rotatable bonds is 8. The molecule has 1 rings (SSSR count). The molecule has 118 valence electrons. The van der Waals surface area contributed by atoms with Gasteiger partial charge in [0.1, 0.15) is 0 Å². The Labute approximate surface area is 127 Å². The van der Waals surface area contributed by atoms with E-state index in [9.17, 15) is 19.1 Å². The predicted molar refractivity (Wildman–Crippen MR) is 81.0 cm³/mol. The number of hydrogen-bond acceptors (Lipinski definition) is 5. The topological polar surface area (TPSA) is 119 Å². The van der Waals surface area contributed by atoms with E-state index in [4.69, 9.17) is 5.11 Å². The molecule has 0 amide bonds. The Kier molecular flexibility index (Phi) is 6.40. The number of benzene rings is 1. The van der Waals surface area contributed by atoms with Crippen LogP contribution in [-0.4, -0.2) is 38.2 Å². The number of carbonyl (C=O) groups is 1. The fourth-order valence-electron chi connectivity index (χ4n) is 1.61. The zero-order valence-electron chi connectivity index (χ0n) is 11.7. The van der Waals surface area contributed by atoms with E-state index >= 15 is 0 Å².